The van der Waals surface area contributed by atoms with Crippen LogP contribution < -0.4 is 5.73 Å². The summed E-state index contributed by atoms with van der Waals surface area (Å²) in [7, 11) is 0. The summed E-state index contributed by atoms with van der Waals surface area (Å²) in [5.41, 5.74) is 9.22. The third-order valence-corrected chi connectivity index (χ3v) is 2.12. The maximum Gasteiger partial charge on any atom is 0.0997 e. The topological polar surface area (TPSA) is 49.8 Å². The Balaban J connectivity index is 3.41. The van der Waals surface area contributed by atoms with Gasteiger partial charge in [-0.05, 0) is 36.1 Å². The Bertz CT molecular complexity index is 359. The molecule has 0 aliphatic rings. The lowest BCUT2D eigenvalue weighted by Crippen LogP contribution is -1.98. The molecule has 0 aliphatic heterocycles. The molecule has 0 atom stereocenters. The van der Waals surface area contributed by atoms with Gasteiger partial charge in [-0.1, -0.05) is 13.8 Å². The van der Waals surface area contributed by atoms with Crippen LogP contribution in [0.3, 0.4) is 0 Å². The molecule has 0 fully saturated rings. The van der Waals surface area contributed by atoms with Gasteiger partial charge in [0.05, 0.1) is 11.6 Å². The van der Waals surface area contributed by atoms with E-state index in [-0.39, 0.29) is 0 Å². The minimum atomic E-state index is 0.344. The number of aryl methyl sites for hydroxylation is 1. The molecule has 0 unspecified atom stereocenters. The van der Waals surface area contributed by atoms with Crippen molar-refractivity contribution in [3.8, 4) is 6.07 Å². The molecular formula is C11H14N2. The molecule has 0 aliphatic carbocycles. The van der Waals surface area contributed by atoms with E-state index in [1.807, 2.05) is 19.1 Å². The molecule has 0 aromatic heterocycles. The number of nitrogens with two attached hydrogens (primary N) is 1. The van der Waals surface area contributed by atoms with E-state index in [4.69, 9.17) is 11.0 Å². The van der Waals surface area contributed by atoms with Crippen LogP contribution in [0.2, 0.25) is 0 Å². The molecule has 0 saturated carbocycles. The lowest BCUT2D eigenvalue weighted by molar-refractivity contribution is 0.861. The van der Waals surface area contributed by atoms with Crippen molar-refractivity contribution in [2.24, 2.45) is 0 Å². The van der Waals surface area contributed by atoms with Gasteiger partial charge in [-0.3, -0.25) is 0 Å². The quantitative estimate of drug-likeness (QED) is 0.665. The number of rotatable bonds is 1. The molecule has 0 heterocycles. The summed E-state index contributed by atoms with van der Waals surface area (Å²) < 4.78 is 0. The number of benzene rings is 1. The van der Waals surface area contributed by atoms with E-state index < -0.39 is 0 Å². The smallest absolute Gasteiger partial charge is 0.0997 e. The Labute approximate surface area is 79.0 Å². The van der Waals surface area contributed by atoms with Crippen molar-refractivity contribution in [3.05, 3.63) is 28.8 Å². The zero-order chi connectivity index (χ0) is 10.0. The molecule has 2 nitrogen and oxygen atoms in total. The van der Waals surface area contributed by atoms with Crippen molar-refractivity contribution in [2.75, 3.05) is 5.73 Å². The molecule has 0 bridgehead atoms. The van der Waals surface area contributed by atoms with Crippen molar-refractivity contribution in [1.29, 1.82) is 5.26 Å². The van der Waals surface area contributed by atoms with Crippen molar-refractivity contribution in [3.63, 3.8) is 0 Å². The van der Waals surface area contributed by atoms with Gasteiger partial charge in [0.25, 0.3) is 0 Å². The van der Waals surface area contributed by atoms with Crippen LogP contribution in [0.25, 0.3) is 0 Å². The maximum absolute atomic E-state index is 8.95. The Morgan fingerprint density at radius 2 is 2.00 bits per heavy atom. The fourth-order valence-electron chi connectivity index (χ4n) is 1.45. The van der Waals surface area contributed by atoms with Crippen LogP contribution in [0.1, 0.15) is 36.5 Å². The average Bonchev–Trinajstić information content (AvgIpc) is 2.02. The molecular weight excluding hydrogens is 160 g/mol. The predicted octanol–water partition coefficient (Wildman–Crippen LogP) is 2.57. The second-order valence-corrected chi connectivity index (χ2v) is 3.57. The van der Waals surface area contributed by atoms with Crippen LogP contribution in [-0.2, 0) is 0 Å². The number of nitriles is 1. The first-order chi connectivity index (χ1) is 6.06. The largest absolute Gasteiger partial charge is 0.399 e. The molecule has 68 valence electrons. The number of hydrogen-bond acceptors (Lipinski definition) is 2. The van der Waals surface area contributed by atoms with E-state index in [2.05, 4.69) is 19.9 Å². The summed E-state index contributed by atoms with van der Waals surface area (Å²) >= 11 is 0. The summed E-state index contributed by atoms with van der Waals surface area (Å²) in [5, 5.41) is 8.95. The Kier molecular flexibility index (Phi) is 2.57. The van der Waals surface area contributed by atoms with Gasteiger partial charge >= 0.3 is 0 Å². The molecule has 1 aromatic rings. The lowest BCUT2D eigenvalue weighted by Gasteiger charge is -2.11. The monoisotopic (exact) mass is 174 g/mol. The van der Waals surface area contributed by atoms with Crippen LogP contribution in [0.4, 0.5) is 5.69 Å². The molecule has 0 amide bonds. The average molecular weight is 174 g/mol. The Morgan fingerprint density at radius 3 is 2.46 bits per heavy atom. The van der Waals surface area contributed by atoms with Crippen LogP contribution in [0.15, 0.2) is 12.1 Å². The minimum absolute atomic E-state index is 0.344. The van der Waals surface area contributed by atoms with E-state index in [1.165, 1.54) is 0 Å². The molecule has 0 spiro atoms. The molecule has 2 heteroatoms. The number of anilines is 1. The Hall–Kier alpha value is -1.49. The van der Waals surface area contributed by atoms with Gasteiger partial charge in [-0.25, -0.2) is 0 Å². The molecule has 2 N–H and O–H groups in total. The van der Waals surface area contributed by atoms with E-state index in [0.29, 0.717) is 5.92 Å². The second kappa shape index (κ2) is 3.49. The van der Waals surface area contributed by atoms with Gasteiger partial charge in [0.2, 0.25) is 0 Å². The van der Waals surface area contributed by atoms with Gasteiger partial charge in [0, 0.05) is 5.69 Å². The van der Waals surface area contributed by atoms with E-state index in [0.717, 1.165) is 22.4 Å². The SMILES string of the molecule is Cc1cc(N)cc(C(C)C)c1C#N. The zero-order valence-corrected chi connectivity index (χ0v) is 8.26. The molecule has 1 aromatic carbocycles. The van der Waals surface area contributed by atoms with Crippen LogP contribution in [0.5, 0.6) is 0 Å². The van der Waals surface area contributed by atoms with Gasteiger partial charge in [0.15, 0.2) is 0 Å². The standard InChI is InChI=1S/C11H14N2/c1-7(2)10-5-9(13)4-8(3)11(10)6-12/h4-5,7H,13H2,1-3H3. The number of nitrogen functional groups attached to an aromatic ring is 1. The van der Waals surface area contributed by atoms with Crippen molar-refractivity contribution < 1.29 is 0 Å². The highest BCUT2D eigenvalue weighted by Crippen LogP contribution is 2.24. The molecule has 1 rings (SSSR count). The highest BCUT2D eigenvalue weighted by molar-refractivity contribution is 5.54. The summed E-state index contributed by atoms with van der Waals surface area (Å²) in [4.78, 5) is 0. The first-order valence-electron chi connectivity index (χ1n) is 4.36. The van der Waals surface area contributed by atoms with E-state index >= 15 is 0 Å². The number of nitrogens with zero attached hydrogens (tertiary/aromatic N) is 1. The summed E-state index contributed by atoms with van der Waals surface area (Å²) in [6.45, 7) is 6.05. The van der Waals surface area contributed by atoms with Gasteiger partial charge in [0.1, 0.15) is 0 Å². The van der Waals surface area contributed by atoms with E-state index in [1.54, 1.807) is 0 Å². The molecule has 13 heavy (non-hydrogen) atoms. The van der Waals surface area contributed by atoms with Crippen molar-refractivity contribution >= 4 is 5.69 Å². The summed E-state index contributed by atoms with van der Waals surface area (Å²) in [5.74, 6) is 0.344. The normalized spacial score (nSPS) is 10.1. The van der Waals surface area contributed by atoms with Gasteiger partial charge in [-0.15, -0.1) is 0 Å². The fraction of sp³-hybridized carbons (Fsp3) is 0.364. The first kappa shape index (κ1) is 9.60. The van der Waals surface area contributed by atoms with Crippen LogP contribution in [-0.4, -0.2) is 0 Å². The van der Waals surface area contributed by atoms with Gasteiger partial charge < -0.3 is 5.73 Å². The number of hydrogen-bond donors (Lipinski definition) is 1. The summed E-state index contributed by atoms with van der Waals surface area (Å²) in [6, 6.07) is 5.94. The predicted molar refractivity (Wildman–Crippen MR) is 54.4 cm³/mol. The maximum atomic E-state index is 8.95. The molecule has 0 radical (unpaired) electrons. The van der Waals surface area contributed by atoms with Crippen molar-refractivity contribution in [2.45, 2.75) is 26.7 Å². The third kappa shape index (κ3) is 1.81. The van der Waals surface area contributed by atoms with Crippen LogP contribution >= 0.6 is 0 Å². The second-order valence-electron chi connectivity index (χ2n) is 3.57. The highest BCUT2D eigenvalue weighted by atomic mass is 14.5. The summed E-state index contributed by atoms with van der Waals surface area (Å²) in [6.07, 6.45) is 0. The minimum Gasteiger partial charge on any atom is -0.399 e. The molecule has 0 saturated heterocycles. The first-order valence-corrected chi connectivity index (χ1v) is 4.36. The zero-order valence-electron chi connectivity index (χ0n) is 8.26. The Morgan fingerprint density at radius 1 is 1.38 bits per heavy atom. The fourth-order valence-corrected chi connectivity index (χ4v) is 1.45. The lowest BCUT2D eigenvalue weighted by atomic mass is 9.94. The highest BCUT2D eigenvalue weighted by Gasteiger charge is 2.09. The van der Waals surface area contributed by atoms with Gasteiger partial charge in [-0.2, -0.15) is 5.26 Å². The van der Waals surface area contributed by atoms with E-state index in [9.17, 15) is 0 Å². The third-order valence-electron chi connectivity index (χ3n) is 2.12. The van der Waals surface area contributed by atoms with Crippen LogP contribution in [0, 0.1) is 18.3 Å². The van der Waals surface area contributed by atoms with Crippen molar-refractivity contribution in [1.82, 2.24) is 0 Å².